The van der Waals surface area contributed by atoms with E-state index < -0.39 is 24.1 Å². The summed E-state index contributed by atoms with van der Waals surface area (Å²) < 4.78 is 43.9. The van der Waals surface area contributed by atoms with Gasteiger partial charge in [0.25, 0.3) is 5.91 Å². The van der Waals surface area contributed by atoms with Crippen LogP contribution in [-0.2, 0) is 0 Å². The first-order chi connectivity index (χ1) is 11.5. The van der Waals surface area contributed by atoms with E-state index in [4.69, 9.17) is 0 Å². The Morgan fingerprint density at radius 3 is 2.88 bits per heavy atom. The van der Waals surface area contributed by atoms with Gasteiger partial charge in [0.15, 0.2) is 17.1 Å². The molecular formula is C14H8BrF3N4O2. The number of hydrogen-bond donors (Lipinski definition) is 1. The fourth-order valence-corrected chi connectivity index (χ4v) is 2.52. The number of ether oxygens (including phenoxy) is 1. The number of amides is 1. The van der Waals surface area contributed by atoms with Crippen LogP contribution in [0.4, 0.5) is 18.9 Å². The summed E-state index contributed by atoms with van der Waals surface area (Å²) in [5, 5.41) is 6.41. The highest BCUT2D eigenvalue weighted by Gasteiger charge is 2.20. The van der Waals surface area contributed by atoms with Crippen LogP contribution < -0.4 is 10.1 Å². The van der Waals surface area contributed by atoms with Gasteiger partial charge in [0.05, 0.1) is 10.2 Å². The van der Waals surface area contributed by atoms with Gasteiger partial charge in [-0.25, -0.2) is 13.9 Å². The van der Waals surface area contributed by atoms with Gasteiger partial charge in [0.1, 0.15) is 5.82 Å². The molecule has 0 bridgehead atoms. The molecule has 0 atom stereocenters. The zero-order chi connectivity index (χ0) is 17.3. The molecule has 1 amide bonds. The second kappa shape index (κ2) is 6.48. The Kier molecular flexibility index (Phi) is 4.38. The van der Waals surface area contributed by atoms with Crippen LogP contribution in [-0.4, -0.2) is 27.1 Å². The highest BCUT2D eigenvalue weighted by molar-refractivity contribution is 9.10. The minimum absolute atomic E-state index is 0.0129. The summed E-state index contributed by atoms with van der Waals surface area (Å²) in [5.74, 6) is -1.96. The number of hydrogen-bond acceptors (Lipinski definition) is 4. The van der Waals surface area contributed by atoms with Crippen molar-refractivity contribution < 1.29 is 22.7 Å². The molecule has 0 aliphatic rings. The zero-order valence-corrected chi connectivity index (χ0v) is 13.3. The van der Waals surface area contributed by atoms with Crippen molar-refractivity contribution in [3.8, 4) is 5.75 Å². The molecule has 2 aromatic heterocycles. The predicted molar refractivity (Wildman–Crippen MR) is 81.7 cm³/mol. The van der Waals surface area contributed by atoms with Gasteiger partial charge in [-0.3, -0.25) is 4.79 Å². The minimum Gasteiger partial charge on any atom is -0.432 e. The zero-order valence-electron chi connectivity index (χ0n) is 11.7. The monoisotopic (exact) mass is 400 g/mol. The predicted octanol–water partition coefficient (Wildman–Crippen LogP) is 3.48. The van der Waals surface area contributed by atoms with Crippen LogP contribution in [0, 0.1) is 5.82 Å². The van der Waals surface area contributed by atoms with E-state index in [2.05, 4.69) is 36.1 Å². The molecule has 10 heteroatoms. The summed E-state index contributed by atoms with van der Waals surface area (Å²) in [7, 11) is 0. The van der Waals surface area contributed by atoms with E-state index in [1.807, 2.05) is 0 Å². The van der Waals surface area contributed by atoms with Crippen LogP contribution in [0.1, 0.15) is 10.5 Å². The lowest BCUT2D eigenvalue weighted by Crippen LogP contribution is -2.15. The summed E-state index contributed by atoms with van der Waals surface area (Å²) in [6, 6.07) is 4.51. The number of rotatable bonds is 4. The first-order valence-corrected chi connectivity index (χ1v) is 7.29. The molecule has 0 aliphatic heterocycles. The number of anilines is 1. The van der Waals surface area contributed by atoms with Gasteiger partial charge in [-0.1, -0.05) is 0 Å². The lowest BCUT2D eigenvalue weighted by Gasteiger charge is -2.11. The summed E-state index contributed by atoms with van der Waals surface area (Å²) in [4.78, 5) is 16.4. The maximum atomic E-state index is 13.2. The lowest BCUT2D eigenvalue weighted by atomic mass is 10.2. The standard InChI is InChI=1S/C14H8BrF3N4O2/c15-10-11(21-22-5-1-4-19-12(10)22)13(23)20-8-3-2-7(16)6-9(8)24-14(17)18/h1-6,14H,(H,20,23). The first-order valence-electron chi connectivity index (χ1n) is 6.50. The van der Waals surface area contributed by atoms with Crippen molar-refractivity contribution in [3.05, 3.63) is 52.6 Å². The van der Waals surface area contributed by atoms with Crippen molar-refractivity contribution in [1.29, 1.82) is 0 Å². The molecule has 0 fully saturated rings. The molecule has 6 nitrogen and oxygen atoms in total. The van der Waals surface area contributed by atoms with E-state index in [0.717, 1.165) is 18.2 Å². The molecule has 3 rings (SSSR count). The smallest absolute Gasteiger partial charge is 0.387 e. The van der Waals surface area contributed by atoms with Gasteiger partial charge in [-0.05, 0) is 34.1 Å². The van der Waals surface area contributed by atoms with Gasteiger partial charge in [0.2, 0.25) is 0 Å². The van der Waals surface area contributed by atoms with Crippen molar-refractivity contribution >= 4 is 33.2 Å². The van der Waals surface area contributed by atoms with Crippen LogP contribution in [0.3, 0.4) is 0 Å². The normalized spacial score (nSPS) is 11.0. The maximum Gasteiger partial charge on any atom is 0.387 e. The third kappa shape index (κ3) is 3.18. The molecule has 0 aliphatic carbocycles. The second-order valence-electron chi connectivity index (χ2n) is 4.52. The largest absolute Gasteiger partial charge is 0.432 e. The molecule has 1 N–H and O–H groups in total. The molecular weight excluding hydrogens is 393 g/mol. The molecule has 0 spiro atoms. The number of benzene rings is 1. The molecule has 3 aromatic rings. The number of nitrogens with one attached hydrogen (secondary N) is 1. The average molecular weight is 401 g/mol. The molecule has 0 saturated heterocycles. The van der Waals surface area contributed by atoms with Gasteiger partial charge >= 0.3 is 6.61 Å². The van der Waals surface area contributed by atoms with Crippen LogP contribution >= 0.6 is 15.9 Å². The quantitative estimate of drug-likeness (QED) is 0.727. The van der Waals surface area contributed by atoms with Crippen molar-refractivity contribution in [2.75, 3.05) is 5.32 Å². The minimum atomic E-state index is -3.16. The number of nitrogens with zero attached hydrogens (tertiary/aromatic N) is 3. The number of carbonyl (C=O) groups excluding carboxylic acids is 1. The molecule has 0 saturated carbocycles. The van der Waals surface area contributed by atoms with E-state index in [1.165, 1.54) is 10.7 Å². The highest BCUT2D eigenvalue weighted by Crippen LogP contribution is 2.28. The van der Waals surface area contributed by atoms with Crippen molar-refractivity contribution in [3.63, 3.8) is 0 Å². The Hall–Kier alpha value is -2.62. The van der Waals surface area contributed by atoms with Gasteiger partial charge in [-0.2, -0.15) is 13.9 Å². The molecule has 2 heterocycles. The van der Waals surface area contributed by atoms with Crippen LogP contribution in [0.5, 0.6) is 5.75 Å². The summed E-state index contributed by atoms with van der Waals surface area (Å²) >= 11 is 3.22. The molecule has 1 aromatic carbocycles. The van der Waals surface area contributed by atoms with E-state index in [9.17, 15) is 18.0 Å². The second-order valence-corrected chi connectivity index (χ2v) is 5.32. The number of carbonyl (C=O) groups is 1. The molecule has 0 unspecified atom stereocenters. The lowest BCUT2D eigenvalue weighted by molar-refractivity contribution is -0.0495. The molecule has 24 heavy (non-hydrogen) atoms. The molecule has 124 valence electrons. The summed E-state index contributed by atoms with van der Waals surface area (Å²) in [6.45, 7) is -3.16. The fourth-order valence-electron chi connectivity index (χ4n) is 1.98. The van der Waals surface area contributed by atoms with E-state index in [1.54, 1.807) is 12.3 Å². The van der Waals surface area contributed by atoms with E-state index in [-0.39, 0.29) is 11.4 Å². The van der Waals surface area contributed by atoms with E-state index in [0.29, 0.717) is 10.1 Å². The SMILES string of the molecule is O=C(Nc1ccc(F)cc1OC(F)F)c1nn2cccnc2c1Br. The third-order valence-corrected chi connectivity index (χ3v) is 3.69. The Bertz CT molecular complexity index is 916. The average Bonchev–Trinajstić information content (AvgIpc) is 2.87. The van der Waals surface area contributed by atoms with Crippen LogP contribution in [0.25, 0.3) is 5.65 Å². The van der Waals surface area contributed by atoms with Gasteiger partial charge < -0.3 is 10.1 Å². The van der Waals surface area contributed by atoms with Crippen molar-refractivity contribution in [1.82, 2.24) is 14.6 Å². The number of halogens is 4. The number of fused-ring (bicyclic) bond motifs is 1. The van der Waals surface area contributed by atoms with Gasteiger partial charge in [0, 0.05) is 18.5 Å². The highest BCUT2D eigenvalue weighted by atomic mass is 79.9. The maximum absolute atomic E-state index is 13.2. The number of alkyl halides is 2. The third-order valence-electron chi connectivity index (χ3n) is 2.96. The van der Waals surface area contributed by atoms with Crippen LogP contribution in [0.2, 0.25) is 0 Å². The van der Waals surface area contributed by atoms with Crippen molar-refractivity contribution in [2.24, 2.45) is 0 Å². The Labute approximate surface area is 141 Å². The fraction of sp³-hybridized carbons (Fsp3) is 0.0714. The summed E-state index contributed by atoms with van der Waals surface area (Å²) in [5.41, 5.74) is 0.283. The van der Waals surface area contributed by atoms with E-state index >= 15 is 0 Å². The summed E-state index contributed by atoms with van der Waals surface area (Å²) in [6.07, 6.45) is 3.12. The Morgan fingerprint density at radius 1 is 1.38 bits per heavy atom. The Morgan fingerprint density at radius 2 is 2.17 bits per heavy atom. The van der Waals surface area contributed by atoms with Crippen molar-refractivity contribution in [2.45, 2.75) is 6.61 Å². The molecule has 0 radical (unpaired) electrons. The van der Waals surface area contributed by atoms with Gasteiger partial charge in [-0.15, -0.1) is 0 Å². The topological polar surface area (TPSA) is 68.5 Å². The Balaban J connectivity index is 1.93. The number of aromatic nitrogens is 3. The van der Waals surface area contributed by atoms with Crippen LogP contribution in [0.15, 0.2) is 41.1 Å². The first kappa shape index (κ1) is 16.2.